The van der Waals surface area contributed by atoms with Crippen LogP contribution in [0, 0.1) is 5.92 Å². The van der Waals surface area contributed by atoms with Gasteiger partial charge in [-0.15, -0.1) is 0 Å². The molecule has 2 aromatic rings. The number of nitrogens with zero attached hydrogens (tertiary/aromatic N) is 1. The van der Waals surface area contributed by atoms with Gasteiger partial charge in [-0.1, -0.05) is 44.9 Å². The zero-order valence-electron chi connectivity index (χ0n) is 14.8. The van der Waals surface area contributed by atoms with E-state index < -0.39 is 6.09 Å². The van der Waals surface area contributed by atoms with Gasteiger partial charge in [0.2, 0.25) is 0 Å². The minimum atomic E-state index is -0.430. The van der Waals surface area contributed by atoms with Gasteiger partial charge in [0.25, 0.3) is 0 Å². The van der Waals surface area contributed by atoms with E-state index in [1.807, 2.05) is 24.3 Å². The van der Waals surface area contributed by atoms with Crippen molar-refractivity contribution in [2.24, 2.45) is 5.92 Å². The molecule has 0 aliphatic rings. The normalized spacial score (nSPS) is 12.2. The van der Waals surface area contributed by atoms with E-state index in [2.05, 4.69) is 13.8 Å². The van der Waals surface area contributed by atoms with Gasteiger partial charge in [0.15, 0.2) is 0 Å². The summed E-state index contributed by atoms with van der Waals surface area (Å²) in [5.41, 5.74) is 2.46. The molecule has 1 unspecified atom stereocenters. The fraction of sp³-hybridized carbons (Fsp3) is 0.474. The quantitative estimate of drug-likeness (QED) is 0.752. The first-order valence-electron chi connectivity index (χ1n) is 8.29. The Morgan fingerprint density at radius 1 is 1.17 bits per heavy atom. The molecule has 1 atom stereocenters. The van der Waals surface area contributed by atoms with Crippen molar-refractivity contribution in [1.82, 2.24) is 4.57 Å². The maximum Gasteiger partial charge on any atom is 0.418 e. The molecule has 24 heavy (non-hydrogen) atoms. The van der Waals surface area contributed by atoms with Crippen molar-refractivity contribution in [3.8, 4) is 0 Å². The highest BCUT2D eigenvalue weighted by atomic mass is 16.5. The maximum atomic E-state index is 12.4. The smallest absolute Gasteiger partial charge is 0.418 e. The lowest BCUT2D eigenvalue weighted by atomic mass is 9.96. The lowest BCUT2D eigenvalue weighted by Crippen LogP contribution is -2.18. The van der Waals surface area contributed by atoms with Crippen LogP contribution in [0.3, 0.4) is 0 Å². The summed E-state index contributed by atoms with van der Waals surface area (Å²) in [5.74, 6) is 0.0891. The summed E-state index contributed by atoms with van der Waals surface area (Å²) >= 11 is 0. The van der Waals surface area contributed by atoms with Crippen LogP contribution in [0.4, 0.5) is 4.79 Å². The first-order chi connectivity index (χ1) is 11.5. The number of methoxy groups -OCH3 is 2. The molecule has 5 heteroatoms. The molecule has 1 heterocycles. The van der Waals surface area contributed by atoms with Gasteiger partial charge in [0.05, 0.1) is 26.2 Å². The molecular formula is C19H25NO4. The molecule has 0 fully saturated rings. The zero-order valence-corrected chi connectivity index (χ0v) is 14.8. The van der Waals surface area contributed by atoms with Gasteiger partial charge in [0.1, 0.15) is 0 Å². The van der Waals surface area contributed by atoms with Crippen molar-refractivity contribution in [2.75, 3.05) is 14.2 Å². The fourth-order valence-electron chi connectivity index (χ4n) is 3.21. The van der Waals surface area contributed by atoms with E-state index in [1.165, 1.54) is 14.2 Å². The van der Waals surface area contributed by atoms with Crippen LogP contribution in [-0.4, -0.2) is 30.8 Å². The molecule has 0 saturated carbocycles. The summed E-state index contributed by atoms with van der Waals surface area (Å²) in [6.45, 7) is 4.30. The molecular weight excluding hydrogens is 306 g/mol. The van der Waals surface area contributed by atoms with Gasteiger partial charge in [0, 0.05) is 11.1 Å². The zero-order chi connectivity index (χ0) is 17.7. The van der Waals surface area contributed by atoms with Gasteiger partial charge in [-0.25, -0.2) is 9.36 Å². The second kappa shape index (κ2) is 7.99. The molecule has 130 valence electrons. The van der Waals surface area contributed by atoms with Gasteiger partial charge in [-0.2, -0.15) is 0 Å². The number of rotatable bonds is 6. The number of esters is 1. The summed E-state index contributed by atoms with van der Waals surface area (Å²) in [4.78, 5) is 24.3. The predicted octanol–water partition coefficient (Wildman–Crippen LogP) is 3.95. The summed E-state index contributed by atoms with van der Waals surface area (Å²) in [6.07, 6.45) is 2.56. The van der Waals surface area contributed by atoms with Gasteiger partial charge in [-0.05, 0) is 24.0 Å². The van der Waals surface area contributed by atoms with Crippen molar-refractivity contribution in [2.45, 2.75) is 39.5 Å². The molecule has 0 spiro atoms. The Morgan fingerprint density at radius 3 is 2.50 bits per heavy atom. The Morgan fingerprint density at radius 2 is 1.88 bits per heavy atom. The third-order valence-corrected chi connectivity index (χ3v) is 4.32. The average molecular weight is 331 g/mol. The molecule has 1 aromatic heterocycles. The minimum absolute atomic E-state index is 0.148. The van der Waals surface area contributed by atoms with E-state index in [1.54, 1.807) is 4.57 Å². The standard InChI is InChI=1S/C19H25NO4/c1-5-8-13(2)11-17-15(12-18(21)23-3)14-9-6-7-10-16(14)20(17)19(22)24-4/h6-7,9-10,13H,5,8,11-12H2,1-4H3. The van der Waals surface area contributed by atoms with Crippen molar-refractivity contribution in [3.63, 3.8) is 0 Å². The Balaban J connectivity index is 2.65. The molecule has 0 N–H and O–H groups in total. The highest BCUT2D eigenvalue weighted by molar-refractivity contribution is 5.95. The molecule has 2 rings (SSSR count). The Kier molecular flexibility index (Phi) is 6.01. The summed E-state index contributed by atoms with van der Waals surface area (Å²) in [7, 11) is 2.75. The third-order valence-electron chi connectivity index (χ3n) is 4.32. The van der Waals surface area contributed by atoms with E-state index >= 15 is 0 Å². The lowest BCUT2D eigenvalue weighted by Gasteiger charge is -2.14. The third kappa shape index (κ3) is 3.61. The first-order valence-corrected chi connectivity index (χ1v) is 8.29. The maximum absolute atomic E-state index is 12.4. The second-order valence-electron chi connectivity index (χ2n) is 6.10. The first kappa shape index (κ1) is 18.0. The fourth-order valence-corrected chi connectivity index (χ4v) is 3.21. The number of carbonyl (C=O) groups is 2. The van der Waals surface area contributed by atoms with Crippen LogP contribution in [0.25, 0.3) is 10.9 Å². The Bertz CT molecular complexity index is 732. The number of hydrogen-bond donors (Lipinski definition) is 0. The molecule has 0 aliphatic carbocycles. The van der Waals surface area contributed by atoms with Crippen molar-refractivity contribution >= 4 is 23.0 Å². The number of para-hydroxylation sites is 1. The molecule has 0 aliphatic heterocycles. The van der Waals surface area contributed by atoms with Crippen LogP contribution in [-0.2, 0) is 27.1 Å². The number of hydrogen-bond acceptors (Lipinski definition) is 4. The summed E-state index contributed by atoms with van der Waals surface area (Å²) in [5, 5.41) is 0.895. The largest absolute Gasteiger partial charge is 0.469 e. The van der Waals surface area contributed by atoms with E-state index in [4.69, 9.17) is 9.47 Å². The molecule has 1 aromatic carbocycles. The van der Waals surface area contributed by atoms with Crippen LogP contribution in [0.2, 0.25) is 0 Å². The summed E-state index contributed by atoms with van der Waals surface area (Å²) in [6, 6.07) is 7.59. The van der Waals surface area contributed by atoms with Crippen LogP contribution >= 0.6 is 0 Å². The highest BCUT2D eigenvalue weighted by Gasteiger charge is 2.24. The molecule has 0 radical (unpaired) electrons. The molecule has 0 bridgehead atoms. The van der Waals surface area contributed by atoms with E-state index in [-0.39, 0.29) is 12.4 Å². The van der Waals surface area contributed by atoms with Crippen LogP contribution in [0.5, 0.6) is 0 Å². The summed E-state index contributed by atoms with van der Waals surface area (Å²) < 4.78 is 11.4. The van der Waals surface area contributed by atoms with Crippen LogP contribution in [0.1, 0.15) is 37.9 Å². The van der Waals surface area contributed by atoms with Crippen LogP contribution in [0.15, 0.2) is 24.3 Å². The molecule has 0 amide bonds. The molecule has 5 nitrogen and oxygen atoms in total. The van der Waals surface area contributed by atoms with Gasteiger partial charge < -0.3 is 9.47 Å². The number of benzene rings is 1. The van der Waals surface area contributed by atoms with E-state index in [0.29, 0.717) is 12.3 Å². The average Bonchev–Trinajstić information content (AvgIpc) is 2.88. The number of carbonyl (C=O) groups excluding carboxylic acids is 2. The second-order valence-corrected chi connectivity index (χ2v) is 6.10. The Hall–Kier alpha value is -2.30. The Labute approximate surface area is 142 Å². The topological polar surface area (TPSA) is 57.5 Å². The van der Waals surface area contributed by atoms with E-state index in [9.17, 15) is 9.59 Å². The number of ether oxygens (including phenoxy) is 2. The van der Waals surface area contributed by atoms with Gasteiger partial charge in [-0.3, -0.25) is 4.79 Å². The van der Waals surface area contributed by atoms with Crippen molar-refractivity contribution in [1.29, 1.82) is 0 Å². The highest BCUT2D eigenvalue weighted by Crippen LogP contribution is 2.30. The van der Waals surface area contributed by atoms with E-state index in [0.717, 1.165) is 35.0 Å². The number of fused-ring (bicyclic) bond motifs is 1. The van der Waals surface area contributed by atoms with Crippen LogP contribution < -0.4 is 0 Å². The molecule has 0 saturated heterocycles. The number of aromatic nitrogens is 1. The van der Waals surface area contributed by atoms with Crippen molar-refractivity contribution in [3.05, 3.63) is 35.5 Å². The monoisotopic (exact) mass is 331 g/mol. The SMILES string of the molecule is CCCC(C)Cc1c(CC(=O)OC)c2ccccc2n1C(=O)OC. The predicted molar refractivity (Wildman–Crippen MR) is 93.2 cm³/mol. The minimum Gasteiger partial charge on any atom is -0.469 e. The van der Waals surface area contributed by atoms with Gasteiger partial charge >= 0.3 is 12.1 Å². The lowest BCUT2D eigenvalue weighted by molar-refractivity contribution is -0.139. The van der Waals surface area contributed by atoms with Crippen molar-refractivity contribution < 1.29 is 19.1 Å².